The SMILES string of the molecule is COc1cccc(N(C(=O)C(C)C)C2CCN(Cc3cccc([N+](=O)[O-])c3)CC2)c1. The van der Waals surface area contributed by atoms with Crippen molar-refractivity contribution in [3.8, 4) is 5.75 Å². The Morgan fingerprint density at radius 2 is 1.90 bits per heavy atom. The molecular formula is C23H29N3O4. The van der Waals surface area contributed by atoms with Gasteiger partial charge in [-0.3, -0.25) is 19.8 Å². The van der Waals surface area contributed by atoms with Gasteiger partial charge in [0.15, 0.2) is 0 Å². The van der Waals surface area contributed by atoms with Gasteiger partial charge in [0.1, 0.15) is 5.75 Å². The molecule has 1 amide bonds. The molecule has 0 saturated carbocycles. The Labute approximate surface area is 177 Å². The highest BCUT2D eigenvalue weighted by atomic mass is 16.6. The summed E-state index contributed by atoms with van der Waals surface area (Å²) in [6, 6.07) is 14.6. The van der Waals surface area contributed by atoms with E-state index in [9.17, 15) is 14.9 Å². The molecule has 1 fully saturated rings. The molecule has 0 radical (unpaired) electrons. The minimum absolute atomic E-state index is 0.0981. The zero-order chi connectivity index (χ0) is 21.7. The van der Waals surface area contributed by atoms with Gasteiger partial charge in [-0.25, -0.2) is 0 Å². The number of hydrogen-bond donors (Lipinski definition) is 0. The summed E-state index contributed by atoms with van der Waals surface area (Å²) in [4.78, 5) is 27.9. The Kier molecular flexibility index (Phi) is 7.05. The van der Waals surface area contributed by atoms with Crippen molar-refractivity contribution in [2.45, 2.75) is 39.3 Å². The lowest BCUT2D eigenvalue weighted by molar-refractivity contribution is -0.384. The minimum atomic E-state index is -0.362. The molecule has 3 rings (SSSR count). The van der Waals surface area contributed by atoms with Gasteiger partial charge in [-0.05, 0) is 30.5 Å². The number of rotatable bonds is 7. The van der Waals surface area contributed by atoms with E-state index in [1.54, 1.807) is 19.2 Å². The first-order valence-corrected chi connectivity index (χ1v) is 10.3. The van der Waals surface area contributed by atoms with Crippen LogP contribution in [0.25, 0.3) is 0 Å². The Morgan fingerprint density at radius 3 is 2.53 bits per heavy atom. The molecule has 1 aliphatic rings. The van der Waals surface area contributed by atoms with E-state index in [0.29, 0.717) is 6.54 Å². The number of ether oxygens (including phenoxy) is 1. The molecule has 7 nitrogen and oxygen atoms in total. The number of nitro benzene ring substituents is 1. The van der Waals surface area contributed by atoms with Crippen LogP contribution in [-0.2, 0) is 11.3 Å². The molecule has 0 unspecified atom stereocenters. The highest BCUT2D eigenvalue weighted by Crippen LogP contribution is 2.29. The van der Waals surface area contributed by atoms with Crippen molar-refractivity contribution in [2.75, 3.05) is 25.1 Å². The van der Waals surface area contributed by atoms with Gasteiger partial charge in [0.05, 0.1) is 12.0 Å². The first-order chi connectivity index (χ1) is 14.4. The van der Waals surface area contributed by atoms with Crippen molar-refractivity contribution in [3.63, 3.8) is 0 Å². The Balaban J connectivity index is 1.70. The van der Waals surface area contributed by atoms with Gasteiger partial charge in [-0.1, -0.05) is 32.0 Å². The fourth-order valence-electron chi connectivity index (χ4n) is 3.92. The number of nitro groups is 1. The minimum Gasteiger partial charge on any atom is -0.497 e. The van der Waals surface area contributed by atoms with Crippen LogP contribution < -0.4 is 9.64 Å². The number of methoxy groups -OCH3 is 1. The quantitative estimate of drug-likeness (QED) is 0.503. The lowest BCUT2D eigenvalue weighted by Gasteiger charge is -2.39. The summed E-state index contributed by atoms with van der Waals surface area (Å²) in [6.07, 6.45) is 1.70. The van der Waals surface area contributed by atoms with Crippen LogP contribution in [0.1, 0.15) is 32.3 Å². The Morgan fingerprint density at radius 1 is 1.20 bits per heavy atom. The molecule has 0 aromatic heterocycles. The van der Waals surface area contributed by atoms with Crippen LogP contribution in [0.5, 0.6) is 5.75 Å². The summed E-state index contributed by atoms with van der Waals surface area (Å²) in [7, 11) is 1.63. The number of benzene rings is 2. The van der Waals surface area contributed by atoms with E-state index < -0.39 is 0 Å². The van der Waals surface area contributed by atoms with Crippen molar-refractivity contribution in [2.24, 2.45) is 5.92 Å². The van der Waals surface area contributed by atoms with Crippen LogP contribution in [0.15, 0.2) is 48.5 Å². The summed E-state index contributed by atoms with van der Waals surface area (Å²) in [5.74, 6) is 0.747. The van der Waals surface area contributed by atoms with Crippen molar-refractivity contribution in [1.82, 2.24) is 4.90 Å². The predicted octanol–water partition coefficient (Wildman–Crippen LogP) is 4.26. The summed E-state index contributed by atoms with van der Waals surface area (Å²) < 4.78 is 5.35. The second-order valence-corrected chi connectivity index (χ2v) is 8.00. The smallest absolute Gasteiger partial charge is 0.269 e. The van der Waals surface area contributed by atoms with Crippen molar-refractivity contribution >= 4 is 17.3 Å². The maximum absolute atomic E-state index is 13.0. The summed E-state index contributed by atoms with van der Waals surface area (Å²) >= 11 is 0. The van der Waals surface area contributed by atoms with Gasteiger partial charge in [0.2, 0.25) is 5.91 Å². The van der Waals surface area contributed by atoms with Crippen LogP contribution >= 0.6 is 0 Å². The number of hydrogen-bond acceptors (Lipinski definition) is 5. The summed E-state index contributed by atoms with van der Waals surface area (Å²) in [5.41, 5.74) is 1.92. The number of carbonyl (C=O) groups is 1. The third-order valence-electron chi connectivity index (χ3n) is 5.51. The fourth-order valence-corrected chi connectivity index (χ4v) is 3.92. The first-order valence-electron chi connectivity index (χ1n) is 10.3. The molecule has 0 bridgehead atoms. The van der Waals surface area contributed by atoms with E-state index in [0.717, 1.165) is 42.9 Å². The molecule has 30 heavy (non-hydrogen) atoms. The average Bonchev–Trinajstić information content (AvgIpc) is 2.75. The standard InChI is InChI=1S/C23H29N3O4/c1-17(2)23(27)25(20-7-5-9-22(15-20)30-3)19-10-12-24(13-11-19)16-18-6-4-8-21(14-18)26(28)29/h4-9,14-15,17,19H,10-13,16H2,1-3H3. The second kappa shape index (κ2) is 9.71. The molecule has 1 aliphatic heterocycles. The van der Waals surface area contributed by atoms with Crippen LogP contribution in [-0.4, -0.2) is 42.0 Å². The van der Waals surface area contributed by atoms with Gasteiger partial charge in [-0.15, -0.1) is 0 Å². The van der Waals surface area contributed by atoms with Gasteiger partial charge >= 0.3 is 0 Å². The molecule has 7 heteroatoms. The van der Waals surface area contributed by atoms with E-state index in [1.165, 1.54) is 6.07 Å². The predicted molar refractivity (Wildman–Crippen MR) is 117 cm³/mol. The molecule has 1 saturated heterocycles. The maximum atomic E-state index is 13.0. The molecule has 160 valence electrons. The summed E-state index contributed by atoms with van der Waals surface area (Å²) in [6.45, 7) is 6.18. The number of nitrogens with zero attached hydrogens (tertiary/aromatic N) is 3. The van der Waals surface area contributed by atoms with E-state index in [4.69, 9.17) is 4.74 Å². The topological polar surface area (TPSA) is 75.9 Å². The van der Waals surface area contributed by atoms with Gasteiger partial charge < -0.3 is 9.64 Å². The monoisotopic (exact) mass is 411 g/mol. The number of piperidine rings is 1. The molecule has 0 spiro atoms. The van der Waals surface area contributed by atoms with Crippen molar-refractivity contribution in [1.29, 1.82) is 0 Å². The normalized spacial score (nSPS) is 15.2. The third-order valence-corrected chi connectivity index (χ3v) is 5.51. The van der Waals surface area contributed by atoms with Crippen LogP contribution in [0.3, 0.4) is 0 Å². The number of non-ortho nitro benzene ring substituents is 1. The number of amides is 1. The summed E-state index contributed by atoms with van der Waals surface area (Å²) in [5, 5.41) is 11.0. The largest absolute Gasteiger partial charge is 0.497 e. The van der Waals surface area contributed by atoms with E-state index >= 15 is 0 Å². The molecule has 0 aliphatic carbocycles. The van der Waals surface area contributed by atoms with Crippen LogP contribution in [0, 0.1) is 16.0 Å². The van der Waals surface area contributed by atoms with E-state index in [2.05, 4.69) is 4.90 Å². The van der Waals surface area contributed by atoms with Gasteiger partial charge in [-0.2, -0.15) is 0 Å². The van der Waals surface area contributed by atoms with Gasteiger partial charge in [0, 0.05) is 55.5 Å². The number of anilines is 1. The maximum Gasteiger partial charge on any atom is 0.269 e. The first kappa shape index (κ1) is 21.8. The third kappa shape index (κ3) is 5.16. The van der Waals surface area contributed by atoms with Gasteiger partial charge in [0.25, 0.3) is 5.69 Å². The zero-order valence-corrected chi connectivity index (χ0v) is 17.8. The van der Waals surface area contributed by atoms with E-state index in [-0.39, 0.29) is 28.5 Å². The molecule has 0 N–H and O–H groups in total. The Bertz CT molecular complexity index is 892. The Hall–Kier alpha value is -2.93. The molecule has 2 aromatic rings. The average molecular weight is 412 g/mol. The number of carbonyl (C=O) groups excluding carboxylic acids is 1. The number of likely N-dealkylation sites (tertiary alicyclic amines) is 1. The molecular weight excluding hydrogens is 382 g/mol. The zero-order valence-electron chi connectivity index (χ0n) is 17.8. The second-order valence-electron chi connectivity index (χ2n) is 8.00. The molecule has 1 heterocycles. The van der Waals surface area contributed by atoms with Crippen LogP contribution in [0.2, 0.25) is 0 Å². The van der Waals surface area contributed by atoms with Crippen molar-refractivity contribution < 1.29 is 14.5 Å². The fraction of sp³-hybridized carbons (Fsp3) is 0.435. The molecule has 0 atom stereocenters. The lowest BCUT2D eigenvalue weighted by Crippen LogP contribution is -2.48. The molecule has 2 aromatic carbocycles. The van der Waals surface area contributed by atoms with Crippen LogP contribution in [0.4, 0.5) is 11.4 Å². The lowest BCUT2D eigenvalue weighted by atomic mass is 9.99. The highest BCUT2D eigenvalue weighted by Gasteiger charge is 2.30. The highest BCUT2D eigenvalue weighted by molar-refractivity contribution is 5.95. The van der Waals surface area contributed by atoms with E-state index in [1.807, 2.05) is 49.1 Å². The van der Waals surface area contributed by atoms with Crippen molar-refractivity contribution in [3.05, 3.63) is 64.2 Å².